The molecule has 0 aliphatic carbocycles. The van der Waals surface area contributed by atoms with E-state index in [1.54, 1.807) is 12.4 Å². The van der Waals surface area contributed by atoms with Crippen LogP contribution in [0.25, 0.3) is 11.0 Å². The first kappa shape index (κ1) is 20.0. The lowest BCUT2D eigenvalue weighted by molar-refractivity contribution is 0.0149. The molecule has 0 unspecified atom stereocenters. The molecule has 1 amide bonds. The van der Waals surface area contributed by atoms with Crippen molar-refractivity contribution in [3.63, 3.8) is 0 Å². The molecule has 7 nitrogen and oxygen atoms in total. The van der Waals surface area contributed by atoms with Gasteiger partial charge in [0, 0.05) is 44.3 Å². The third-order valence-corrected chi connectivity index (χ3v) is 5.40. The molecule has 3 rings (SSSR count). The lowest BCUT2D eigenvalue weighted by Crippen LogP contribution is -2.49. The quantitative estimate of drug-likeness (QED) is 0.618. The molecular weight excluding hydrogens is 457 g/mol. The van der Waals surface area contributed by atoms with Crippen LogP contribution in [0.5, 0.6) is 0 Å². The number of hydrogen-bond donors (Lipinski definition) is 0. The highest BCUT2D eigenvalue weighted by Gasteiger charge is 2.31. The number of rotatable bonds is 3. The summed E-state index contributed by atoms with van der Waals surface area (Å²) in [6.07, 6.45) is 6.79. The number of aromatic nitrogens is 3. The van der Waals surface area contributed by atoms with Gasteiger partial charge in [0.15, 0.2) is 5.82 Å². The van der Waals surface area contributed by atoms with E-state index >= 15 is 0 Å². The molecule has 1 aliphatic rings. The first-order chi connectivity index (χ1) is 12.8. The van der Waals surface area contributed by atoms with Crippen molar-refractivity contribution < 1.29 is 9.53 Å². The Morgan fingerprint density at radius 3 is 2.44 bits per heavy atom. The van der Waals surface area contributed by atoms with Gasteiger partial charge in [-0.25, -0.2) is 14.8 Å². The Labute approximate surface area is 173 Å². The Bertz CT molecular complexity index is 815. The number of ether oxygens (including phenoxy) is 1. The van der Waals surface area contributed by atoms with Crippen LogP contribution in [-0.2, 0) is 4.74 Å². The first-order valence-electron chi connectivity index (χ1n) is 9.30. The van der Waals surface area contributed by atoms with Crippen molar-refractivity contribution in [1.82, 2.24) is 19.9 Å². The van der Waals surface area contributed by atoms with Gasteiger partial charge >= 0.3 is 6.09 Å². The maximum atomic E-state index is 12.5. The summed E-state index contributed by atoms with van der Waals surface area (Å²) in [7, 11) is 0. The summed E-state index contributed by atoms with van der Waals surface area (Å²) in [6, 6.07) is 0.183. The van der Waals surface area contributed by atoms with Gasteiger partial charge in [0.25, 0.3) is 0 Å². The van der Waals surface area contributed by atoms with Crippen LogP contribution in [0.4, 0.5) is 10.6 Å². The molecule has 146 valence electrons. The average molecular weight is 483 g/mol. The molecule has 0 N–H and O–H groups in total. The Morgan fingerprint density at radius 1 is 1.22 bits per heavy atom. The van der Waals surface area contributed by atoms with Crippen molar-refractivity contribution >= 4 is 45.5 Å². The van der Waals surface area contributed by atoms with Gasteiger partial charge in [-0.3, -0.25) is 4.98 Å². The SMILES string of the molecule is CCN(C(=O)OC(C)(C)C)C1CCN(c2ncc(I)c3nccnc23)CC1. The van der Waals surface area contributed by atoms with Crippen LogP contribution < -0.4 is 4.90 Å². The van der Waals surface area contributed by atoms with Gasteiger partial charge in [-0.1, -0.05) is 0 Å². The van der Waals surface area contributed by atoms with Crippen LogP contribution >= 0.6 is 22.6 Å². The number of fused-ring (bicyclic) bond motifs is 1. The Morgan fingerprint density at radius 2 is 1.85 bits per heavy atom. The number of carbonyl (C=O) groups excluding carboxylic acids is 1. The fourth-order valence-corrected chi connectivity index (χ4v) is 3.93. The maximum absolute atomic E-state index is 12.5. The highest BCUT2D eigenvalue weighted by Crippen LogP contribution is 2.28. The molecular formula is C19H26IN5O2. The van der Waals surface area contributed by atoms with Crippen molar-refractivity contribution in [3.8, 4) is 0 Å². The van der Waals surface area contributed by atoms with Gasteiger partial charge in [-0.05, 0) is 63.1 Å². The summed E-state index contributed by atoms with van der Waals surface area (Å²) in [4.78, 5) is 30.2. The van der Waals surface area contributed by atoms with E-state index in [0.29, 0.717) is 6.54 Å². The number of anilines is 1. The summed E-state index contributed by atoms with van der Waals surface area (Å²) in [6.45, 7) is 9.99. The summed E-state index contributed by atoms with van der Waals surface area (Å²) >= 11 is 2.24. The number of amides is 1. The van der Waals surface area contributed by atoms with E-state index in [0.717, 1.165) is 46.4 Å². The fourth-order valence-electron chi connectivity index (χ4n) is 3.39. The molecule has 8 heteroatoms. The normalized spacial score (nSPS) is 15.8. The predicted molar refractivity (Wildman–Crippen MR) is 114 cm³/mol. The van der Waals surface area contributed by atoms with E-state index < -0.39 is 5.60 Å². The Hall–Kier alpha value is -1.71. The van der Waals surface area contributed by atoms with Gasteiger partial charge < -0.3 is 14.5 Å². The molecule has 0 bridgehead atoms. The van der Waals surface area contributed by atoms with Gasteiger partial charge in [-0.2, -0.15) is 0 Å². The standard InChI is InChI=1S/C19H26IN5O2/c1-5-25(18(26)27-19(2,3)4)13-6-10-24(11-7-13)17-16-15(14(20)12-23-17)21-8-9-22-16/h8-9,12-13H,5-7,10-11H2,1-4H3. The van der Waals surface area contributed by atoms with Crippen molar-refractivity contribution in [2.75, 3.05) is 24.5 Å². The van der Waals surface area contributed by atoms with Crippen LogP contribution in [-0.4, -0.2) is 57.2 Å². The monoisotopic (exact) mass is 483 g/mol. The van der Waals surface area contributed by atoms with Gasteiger partial charge in [0.2, 0.25) is 0 Å². The minimum atomic E-state index is -0.478. The molecule has 2 aromatic heterocycles. The molecule has 2 aromatic rings. The lowest BCUT2D eigenvalue weighted by atomic mass is 10.0. The maximum Gasteiger partial charge on any atom is 0.410 e. The molecule has 3 heterocycles. The lowest BCUT2D eigenvalue weighted by Gasteiger charge is -2.39. The van der Waals surface area contributed by atoms with E-state index in [1.807, 2.05) is 38.8 Å². The van der Waals surface area contributed by atoms with Gasteiger partial charge in [-0.15, -0.1) is 0 Å². The van der Waals surface area contributed by atoms with Gasteiger partial charge in [0.1, 0.15) is 16.6 Å². The Balaban J connectivity index is 1.72. The first-order valence-corrected chi connectivity index (χ1v) is 10.4. The third kappa shape index (κ3) is 4.59. The average Bonchev–Trinajstić information content (AvgIpc) is 2.62. The minimum absolute atomic E-state index is 0.183. The number of nitrogens with zero attached hydrogens (tertiary/aromatic N) is 5. The van der Waals surface area contributed by atoms with Crippen LogP contribution in [0.1, 0.15) is 40.5 Å². The molecule has 27 heavy (non-hydrogen) atoms. The molecule has 1 aliphatic heterocycles. The van der Waals surface area contributed by atoms with E-state index in [4.69, 9.17) is 4.74 Å². The number of halogens is 1. The number of hydrogen-bond acceptors (Lipinski definition) is 6. The minimum Gasteiger partial charge on any atom is -0.444 e. The highest BCUT2D eigenvalue weighted by atomic mass is 127. The van der Waals surface area contributed by atoms with Crippen molar-refractivity contribution in [2.45, 2.75) is 52.2 Å². The van der Waals surface area contributed by atoms with Crippen LogP contribution in [0.15, 0.2) is 18.6 Å². The smallest absolute Gasteiger partial charge is 0.410 e. The second-order valence-corrected chi connectivity index (χ2v) is 8.83. The summed E-state index contributed by atoms with van der Waals surface area (Å²) in [5.41, 5.74) is 1.24. The molecule has 0 atom stereocenters. The van der Waals surface area contributed by atoms with Crippen LogP contribution in [0.2, 0.25) is 0 Å². The van der Waals surface area contributed by atoms with Gasteiger partial charge in [0.05, 0.1) is 3.57 Å². The zero-order chi connectivity index (χ0) is 19.6. The molecule has 0 aromatic carbocycles. The third-order valence-electron chi connectivity index (χ3n) is 4.61. The number of piperidine rings is 1. The molecule has 1 fully saturated rings. The van der Waals surface area contributed by atoms with E-state index in [2.05, 4.69) is 42.4 Å². The van der Waals surface area contributed by atoms with Crippen molar-refractivity contribution in [2.24, 2.45) is 0 Å². The largest absolute Gasteiger partial charge is 0.444 e. The van der Waals surface area contributed by atoms with E-state index in [9.17, 15) is 4.79 Å². The number of pyridine rings is 1. The topological polar surface area (TPSA) is 71.5 Å². The van der Waals surface area contributed by atoms with E-state index in [1.165, 1.54) is 0 Å². The number of carbonyl (C=O) groups is 1. The zero-order valence-corrected chi connectivity index (χ0v) is 18.4. The second-order valence-electron chi connectivity index (χ2n) is 7.67. The predicted octanol–water partition coefficient (Wildman–Crippen LogP) is 3.86. The fraction of sp³-hybridized carbons (Fsp3) is 0.579. The van der Waals surface area contributed by atoms with Crippen molar-refractivity contribution in [1.29, 1.82) is 0 Å². The molecule has 1 saturated heterocycles. The van der Waals surface area contributed by atoms with Crippen LogP contribution in [0.3, 0.4) is 0 Å². The molecule has 0 saturated carbocycles. The zero-order valence-electron chi connectivity index (χ0n) is 16.3. The Kier molecular flexibility index (Phi) is 6.02. The highest BCUT2D eigenvalue weighted by molar-refractivity contribution is 14.1. The van der Waals surface area contributed by atoms with E-state index in [-0.39, 0.29) is 12.1 Å². The molecule has 0 spiro atoms. The second kappa shape index (κ2) is 8.12. The summed E-state index contributed by atoms with van der Waals surface area (Å²) in [5, 5.41) is 0. The molecule has 0 radical (unpaired) electrons. The van der Waals surface area contributed by atoms with Crippen molar-refractivity contribution in [3.05, 3.63) is 22.2 Å². The van der Waals surface area contributed by atoms with Crippen LogP contribution in [0, 0.1) is 3.57 Å². The summed E-state index contributed by atoms with van der Waals surface area (Å²) < 4.78 is 6.56. The summed E-state index contributed by atoms with van der Waals surface area (Å²) in [5.74, 6) is 0.872.